The molecular formula is C24H23F3N4O2S. The monoisotopic (exact) mass is 488 g/mol. The van der Waals surface area contributed by atoms with Crippen molar-refractivity contribution in [3.63, 3.8) is 0 Å². The molecule has 4 aromatic rings. The summed E-state index contributed by atoms with van der Waals surface area (Å²) in [4.78, 5) is 13.7. The maximum atomic E-state index is 14.0. The molecule has 0 radical (unpaired) electrons. The third-order valence-corrected chi connectivity index (χ3v) is 6.29. The van der Waals surface area contributed by atoms with Gasteiger partial charge in [-0.3, -0.25) is 4.79 Å². The number of alkyl halides is 3. The number of hydrogen-bond acceptors (Lipinski definition) is 5. The van der Waals surface area contributed by atoms with Crippen LogP contribution in [0.1, 0.15) is 17.3 Å². The molecule has 6 nitrogen and oxygen atoms in total. The molecule has 2 N–H and O–H groups in total. The fraction of sp³-hybridized carbons (Fsp3) is 0.250. The number of rotatable bonds is 8. The average molecular weight is 489 g/mol. The van der Waals surface area contributed by atoms with Crippen LogP contribution >= 0.6 is 11.3 Å². The van der Waals surface area contributed by atoms with E-state index in [1.54, 1.807) is 46.8 Å². The lowest BCUT2D eigenvalue weighted by Crippen LogP contribution is -2.58. The van der Waals surface area contributed by atoms with Gasteiger partial charge in [-0.25, -0.2) is 4.68 Å². The zero-order valence-corrected chi connectivity index (χ0v) is 19.1. The van der Waals surface area contributed by atoms with Crippen molar-refractivity contribution in [1.29, 1.82) is 0 Å². The van der Waals surface area contributed by atoms with E-state index in [0.29, 0.717) is 22.2 Å². The summed E-state index contributed by atoms with van der Waals surface area (Å²) in [6.45, 7) is -0.132. The first kappa shape index (κ1) is 23.8. The number of para-hydroxylation sites is 1. The van der Waals surface area contributed by atoms with Gasteiger partial charge in [-0.15, -0.1) is 0 Å². The molecule has 1 atom stereocenters. The molecule has 0 saturated heterocycles. The largest absolute Gasteiger partial charge is 0.420 e. The molecule has 34 heavy (non-hydrogen) atoms. The minimum Gasteiger partial charge on any atom is -0.381 e. The van der Waals surface area contributed by atoms with Crippen molar-refractivity contribution in [3.8, 4) is 5.69 Å². The van der Waals surface area contributed by atoms with Crippen LogP contribution in [0.2, 0.25) is 0 Å². The molecule has 2 heterocycles. The second-order valence-corrected chi connectivity index (χ2v) is 8.62. The number of aliphatic hydroxyl groups is 1. The first-order valence-electron chi connectivity index (χ1n) is 10.6. The van der Waals surface area contributed by atoms with Gasteiger partial charge in [-0.2, -0.15) is 29.6 Å². The van der Waals surface area contributed by atoms with Gasteiger partial charge in [-0.1, -0.05) is 24.3 Å². The molecule has 1 amide bonds. The number of carbonyl (C=O) groups is 1. The highest BCUT2D eigenvalue weighted by molar-refractivity contribution is 7.08. The Morgan fingerprint density at radius 3 is 2.56 bits per heavy atom. The second-order valence-electron chi connectivity index (χ2n) is 7.84. The third-order valence-electron chi connectivity index (χ3n) is 5.60. The van der Waals surface area contributed by atoms with Crippen molar-refractivity contribution in [2.24, 2.45) is 0 Å². The van der Waals surface area contributed by atoms with E-state index in [0.717, 1.165) is 10.6 Å². The molecule has 0 fully saturated rings. The summed E-state index contributed by atoms with van der Waals surface area (Å²) in [6, 6.07) is 16.1. The molecule has 0 aliphatic rings. The van der Waals surface area contributed by atoms with E-state index in [2.05, 4.69) is 10.4 Å². The molecule has 0 spiro atoms. The van der Waals surface area contributed by atoms with Gasteiger partial charge in [0.15, 0.2) is 5.60 Å². The Hall–Kier alpha value is -3.37. The summed E-state index contributed by atoms with van der Waals surface area (Å²) >= 11 is 1.28. The maximum absolute atomic E-state index is 14.0. The van der Waals surface area contributed by atoms with Crippen LogP contribution in [0, 0.1) is 0 Å². The summed E-state index contributed by atoms with van der Waals surface area (Å²) in [6.07, 6.45) is -3.40. The average Bonchev–Trinajstić information content (AvgIpc) is 3.51. The number of amides is 1. The first-order chi connectivity index (χ1) is 16.2. The van der Waals surface area contributed by atoms with Gasteiger partial charge in [0.2, 0.25) is 0 Å². The number of thiophene rings is 1. The Morgan fingerprint density at radius 2 is 1.91 bits per heavy atom. The van der Waals surface area contributed by atoms with E-state index in [-0.39, 0.29) is 6.54 Å². The minimum atomic E-state index is -4.97. The number of aromatic nitrogens is 2. The van der Waals surface area contributed by atoms with Gasteiger partial charge in [0, 0.05) is 23.0 Å². The van der Waals surface area contributed by atoms with E-state index in [9.17, 15) is 23.1 Å². The van der Waals surface area contributed by atoms with Crippen molar-refractivity contribution >= 4 is 33.8 Å². The molecule has 0 bridgehead atoms. The molecular weight excluding hydrogens is 465 g/mol. The Kier molecular flexibility index (Phi) is 6.63. The lowest BCUT2D eigenvalue weighted by molar-refractivity contribution is -0.257. The van der Waals surface area contributed by atoms with E-state index >= 15 is 0 Å². The molecule has 10 heteroatoms. The van der Waals surface area contributed by atoms with Crippen molar-refractivity contribution in [1.82, 2.24) is 14.7 Å². The van der Waals surface area contributed by atoms with Crippen molar-refractivity contribution in [2.45, 2.75) is 18.7 Å². The van der Waals surface area contributed by atoms with E-state index in [4.69, 9.17) is 0 Å². The highest BCUT2D eigenvalue weighted by Crippen LogP contribution is 2.33. The zero-order valence-electron chi connectivity index (χ0n) is 18.3. The fourth-order valence-corrected chi connectivity index (χ4v) is 4.31. The van der Waals surface area contributed by atoms with E-state index in [1.165, 1.54) is 11.3 Å². The number of carbonyl (C=O) groups excluding carboxylic acids is 1. The maximum Gasteiger partial charge on any atom is 0.420 e. The summed E-state index contributed by atoms with van der Waals surface area (Å²) in [5, 5.41) is 21.7. The Morgan fingerprint density at radius 1 is 1.15 bits per heavy atom. The van der Waals surface area contributed by atoms with Gasteiger partial charge < -0.3 is 15.3 Å². The molecule has 2 aromatic heterocycles. The van der Waals surface area contributed by atoms with Gasteiger partial charge in [0.05, 0.1) is 36.1 Å². The predicted octanol–water partition coefficient (Wildman–Crippen LogP) is 4.95. The normalized spacial score (nSPS) is 13.6. The number of anilines is 1. The molecule has 2 aromatic carbocycles. The van der Waals surface area contributed by atoms with Gasteiger partial charge in [0.1, 0.15) is 0 Å². The van der Waals surface area contributed by atoms with Crippen LogP contribution in [-0.4, -0.2) is 57.1 Å². The Labute approximate surface area is 198 Å². The first-order valence-corrected chi connectivity index (χ1v) is 11.5. The number of likely N-dealkylation sites (N-methyl/N-ethyl adjacent to an activating group) is 1. The minimum absolute atomic E-state index is 0.0203. The number of nitrogens with one attached hydrogen (secondary N) is 1. The van der Waals surface area contributed by atoms with Crippen molar-refractivity contribution in [2.75, 3.05) is 25.0 Å². The van der Waals surface area contributed by atoms with Crippen LogP contribution in [-0.2, 0) is 0 Å². The van der Waals surface area contributed by atoms with Crippen LogP contribution in [0.4, 0.5) is 18.9 Å². The predicted molar refractivity (Wildman–Crippen MR) is 126 cm³/mol. The summed E-state index contributed by atoms with van der Waals surface area (Å²) in [5.41, 5.74) is -0.953. The third kappa shape index (κ3) is 4.64. The lowest BCUT2D eigenvalue weighted by Gasteiger charge is -2.35. The highest BCUT2D eigenvalue weighted by Gasteiger charge is 2.55. The molecule has 0 aliphatic heterocycles. The van der Waals surface area contributed by atoms with Crippen LogP contribution < -0.4 is 5.32 Å². The quantitative estimate of drug-likeness (QED) is 0.368. The van der Waals surface area contributed by atoms with Crippen molar-refractivity contribution < 1.29 is 23.1 Å². The summed E-state index contributed by atoms with van der Waals surface area (Å²) in [7, 11) is 0. The lowest BCUT2D eigenvalue weighted by atomic mass is 10.0. The Balaban J connectivity index is 1.59. The molecule has 0 aliphatic carbocycles. The van der Waals surface area contributed by atoms with E-state index < -0.39 is 30.8 Å². The van der Waals surface area contributed by atoms with Gasteiger partial charge in [-0.05, 0) is 42.6 Å². The number of nitrogens with zero attached hydrogens (tertiary/aromatic N) is 3. The van der Waals surface area contributed by atoms with Crippen molar-refractivity contribution in [3.05, 3.63) is 77.1 Å². The topological polar surface area (TPSA) is 70.4 Å². The van der Waals surface area contributed by atoms with Gasteiger partial charge in [0.25, 0.3) is 5.91 Å². The molecule has 0 saturated carbocycles. The fourth-order valence-electron chi connectivity index (χ4n) is 3.68. The smallest absolute Gasteiger partial charge is 0.381 e. The molecule has 1 unspecified atom stereocenters. The highest BCUT2D eigenvalue weighted by atomic mass is 32.1. The van der Waals surface area contributed by atoms with Crippen LogP contribution in [0.15, 0.2) is 71.6 Å². The standard InChI is InChI=1S/C24H23F3N4O2S/c1-2-30(22(32)17-11-12-34-14-17)16-23(33,24(25,26)27)15-28-20-9-6-10-21-19(20)13-29-31(21)18-7-4-3-5-8-18/h3-14,28,33H,2,15-16H2,1H3. The SMILES string of the molecule is CCN(CC(O)(CNc1cccc2c1cnn2-c1ccccc1)C(F)(F)F)C(=O)c1ccsc1. The van der Waals surface area contributed by atoms with Gasteiger partial charge >= 0.3 is 6.18 Å². The molecule has 178 valence electrons. The number of halogens is 3. The molecule has 4 rings (SSSR count). The number of benzene rings is 2. The number of hydrogen-bond donors (Lipinski definition) is 2. The van der Waals surface area contributed by atoms with Crippen LogP contribution in [0.3, 0.4) is 0 Å². The Bertz CT molecular complexity index is 1260. The number of fused-ring (bicyclic) bond motifs is 1. The van der Waals surface area contributed by atoms with Crippen LogP contribution in [0.5, 0.6) is 0 Å². The summed E-state index contributed by atoms with van der Waals surface area (Å²) in [5.74, 6) is -0.558. The zero-order chi connectivity index (χ0) is 24.3. The van der Waals surface area contributed by atoms with E-state index in [1.807, 2.05) is 36.4 Å². The van der Waals surface area contributed by atoms with Crippen LogP contribution in [0.25, 0.3) is 16.6 Å². The second kappa shape index (κ2) is 9.47. The summed E-state index contributed by atoms with van der Waals surface area (Å²) < 4.78 is 43.7.